The first-order valence-corrected chi connectivity index (χ1v) is 6.86. The second kappa shape index (κ2) is 8.95. The van der Waals surface area contributed by atoms with Crippen molar-refractivity contribution in [3.05, 3.63) is 29.8 Å². The standard InChI is InChI=1S/C15H25NO2/c1-4-9-13-10-7-8-11-14(13)16-12-15(17-5-2)18-6-3/h7-8,10-11,15-16H,4-6,9,12H2,1-3H3. The SMILES string of the molecule is CCCc1ccccc1NCC(OCC)OCC. The van der Waals surface area contributed by atoms with E-state index in [1.807, 2.05) is 13.8 Å². The molecular formula is C15H25NO2. The Morgan fingerprint density at radius 1 is 1.06 bits per heavy atom. The summed E-state index contributed by atoms with van der Waals surface area (Å²) in [6.07, 6.45) is 2.07. The minimum atomic E-state index is -0.172. The van der Waals surface area contributed by atoms with Crippen LogP contribution in [-0.4, -0.2) is 26.0 Å². The van der Waals surface area contributed by atoms with E-state index in [0.29, 0.717) is 19.8 Å². The van der Waals surface area contributed by atoms with Crippen LogP contribution in [-0.2, 0) is 15.9 Å². The van der Waals surface area contributed by atoms with E-state index in [4.69, 9.17) is 9.47 Å². The van der Waals surface area contributed by atoms with E-state index >= 15 is 0 Å². The van der Waals surface area contributed by atoms with Crippen LogP contribution in [0.3, 0.4) is 0 Å². The molecule has 0 spiro atoms. The van der Waals surface area contributed by atoms with Gasteiger partial charge in [0.05, 0.1) is 6.54 Å². The van der Waals surface area contributed by atoms with Crippen LogP contribution in [0.4, 0.5) is 5.69 Å². The molecule has 3 heteroatoms. The fraction of sp³-hybridized carbons (Fsp3) is 0.600. The zero-order chi connectivity index (χ0) is 13.2. The maximum Gasteiger partial charge on any atom is 0.174 e. The van der Waals surface area contributed by atoms with Gasteiger partial charge in [-0.2, -0.15) is 0 Å². The number of ether oxygens (including phenoxy) is 2. The molecule has 1 rings (SSSR count). The highest BCUT2D eigenvalue weighted by molar-refractivity contribution is 5.51. The van der Waals surface area contributed by atoms with Gasteiger partial charge >= 0.3 is 0 Å². The monoisotopic (exact) mass is 251 g/mol. The van der Waals surface area contributed by atoms with Crippen molar-refractivity contribution in [3.8, 4) is 0 Å². The van der Waals surface area contributed by atoms with E-state index in [2.05, 4.69) is 36.5 Å². The summed E-state index contributed by atoms with van der Waals surface area (Å²) in [5, 5.41) is 3.42. The lowest BCUT2D eigenvalue weighted by atomic mass is 10.1. The third-order valence-corrected chi connectivity index (χ3v) is 2.70. The van der Waals surface area contributed by atoms with Crippen LogP contribution < -0.4 is 5.32 Å². The lowest BCUT2D eigenvalue weighted by molar-refractivity contribution is -0.126. The molecule has 0 bridgehead atoms. The highest BCUT2D eigenvalue weighted by Gasteiger charge is 2.08. The van der Waals surface area contributed by atoms with E-state index in [0.717, 1.165) is 12.8 Å². The van der Waals surface area contributed by atoms with Crippen molar-refractivity contribution < 1.29 is 9.47 Å². The summed E-state index contributed by atoms with van der Waals surface area (Å²) in [5.74, 6) is 0. The van der Waals surface area contributed by atoms with Crippen molar-refractivity contribution in [3.63, 3.8) is 0 Å². The second-order valence-electron chi connectivity index (χ2n) is 4.13. The number of nitrogens with one attached hydrogen (secondary N) is 1. The summed E-state index contributed by atoms with van der Waals surface area (Å²) in [5.41, 5.74) is 2.54. The fourth-order valence-electron chi connectivity index (χ4n) is 1.91. The van der Waals surface area contributed by atoms with Crippen molar-refractivity contribution in [1.82, 2.24) is 0 Å². The van der Waals surface area contributed by atoms with Gasteiger partial charge in [0.2, 0.25) is 0 Å². The van der Waals surface area contributed by atoms with Gasteiger partial charge in [-0.25, -0.2) is 0 Å². The molecule has 0 saturated carbocycles. The molecule has 0 aliphatic carbocycles. The molecule has 0 amide bonds. The Labute approximate surface area is 110 Å². The van der Waals surface area contributed by atoms with Crippen LogP contribution in [0.15, 0.2) is 24.3 Å². The van der Waals surface area contributed by atoms with Crippen LogP contribution in [0, 0.1) is 0 Å². The Hall–Kier alpha value is -1.06. The van der Waals surface area contributed by atoms with Gasteiger partial charge < -0.3 is 14.8 Å². The summed E-state index contributed by atoms with van der Waals surface area (Å²) in [6.45, 7) is 8.18. The van der Waals surface area contributed by atoms with Gasteiger partial charge in [0, 0.05) is 18.9 Å². The fourth-order valence-corrected chi connectivity index (χ4v) is 1.91. The zero-order valence-electron chi connectivity index (χ0n) is 11.7. The van der Waals surface area contributed by atoms with E-state index in [-0.39, 0.29) is 6.29 Å². The smallest absolute Gasteiger partial charge is 0.174 e. The molecule has 0 aromatic heterocycles. The first-order chi connectivity index (χ1) is 8.81. The van der Waals surface area contributed by atoms with Crippen LogP contribution in [0.25, 0.3) is 0 Å². The highest BCUT2D eigenvalue weighted by Crippen LogP contribution is 2.16. The first kappa shape index (κ1) is 15.0. The molecule has 0 atom stereocenters. The maximum atomic E-state index is 5.52. The molecule has 0 saturated heterocycles. The summed E-state index contributed by atoms with van der Waals surface area (Å²) in [4.78, 5) is 0. The Morgan fingerprint density at radius 2 is 1.72 bits per heavy atom. The molecule has 0 heterocycles. The number of hydrogen-bond acceptors (Lipinski definition) is 3. The number of aryl methyl sites for hydroxylation is 1. The topological polar surface area (TPSA) is 30.5 Å². The molecule has 102 valence electrons. The van der Waals surface area contributed by atoms with Crippen LogP contribution in [0.1, 0.15) is 32.8 Å². The molecule has 0 aliphatic heterocycles. The van der Waals surface area contributed by atoms with E-state index in [1.54, 1.807) is 0 Å². The van der Waals surface area contributed by atoms with Gasteiger partial charge in [-0.15, -0.1) is 0 Å². The Morgan fingerprint density at radius 3 is 2.33 bits per heavy atom. The van der Waals surface area contributed by atoms with Gasteiger partial charge in [0.25, 0.3) is 0 Å². The number of hydrogen-bond donors (Lipinski definition) is 1. The molecule has 1 N–H and O–H groups in total. The Bertz CT molecular complexity index is 322. The average Bonchev–Trinajstić information content (AvgIpc) is 2.38. The molecule has 18 heavy (non-hydrogen) atoms. The quantitative estimate of drug-likeness (QED) is 0.682. The minimum Gasteiger partial charge on any atom is -0.380 e. The van der Waals surface area contributed by atoms with Crippen molar-refractivity contribution in [2.75, 3.05) is 25.1 Å². The number of para-hydroxylation sites is 1. The van der Waals surface area contributed by atoms with Gasteiger partial charge in [0.15, 0.2) is 6.29 Å². The molecule has 0 unspecified atom stereocenters. The maximum absolute atomic E-state index is 5.52. The first-order valence-electron chi connectivity index (χ1n) is 6.86. The van der Waals surface area contributed by atoms with Gasteiger partial charge in [-0.1, -0.05) is 31.5 Å². The summed E-state index contributed by atoms with van der Waals surface area (Å²) in [6, 6.07) is 8.42. The molecule has 3 nitrogen and oxygen atoms in total. The predicted molar refractivity (Wildman–Crippen MR) is 76.0 cm³/mol. The molecule has 0 radical (unpaired) electrons. The van der Waals surface area contributed by atoms with E-state index in [1.165, 1.54) is 11.3 Å². The predicted octanol–water partition coefficient (Wildman–Crippen LogP) is 3.45. The van der Waals surface area contributed by atoms with Gasteiger partial charge in [0.1, 0.15) is 0 Å². The average molecular weight is 251 g/mol. The lowest BCUT2D eigenvalue weighted by Gasteiger charge is -2.19. The van der Waals surface area contributed by atoms with Crippen LogP contribution >= 0.6 is 0 Å². The van der Waals surface area contributed by atoms with Gasteiger partial charge in [-0.3, -0.25) is 0 Å². The van der Waals surface area contributed by atoms with E-state index in [9.17, 15) is 0 Å². The normalized spacial score (nSPS) is 10.9. The van der Waals surface area contributed by atoms with Crippen LogP contribution in [0.2, 0.25) is 0 Å². The van der Waals surface area contributed by atoms with E-state index < -0.39 is 0 Å². The second-order valence-corrected chi connectivity index (χ2v) is 4.13. The van der Waals surface area contributed by atoms with Crippen molar-refractivity contribution in [2.24, 2.45) is 0 Å². The largest absolute Gasteiger partial charge is 0.380 e. The Balaban J connectivity index is 2.54. The number of rotatable bonds is 9. The third kappa shape index (κ3) is 5.07. The Kier molecular flexibility index (Phi) is 7.46. The summed E-state index contributed by atoms with van der Waals surface area (Å²) < 4.78 is 11.0. The van der Waals surface area contributed by atoms with Crippen molar-refractivity contribution in [2.45, 2.75) is 39.9 Å². The molecule has 0 aliphatic rings. The highest BCUT2D eigenvalue weighted by atomic mass is 16.7. The summed E-state index contributed by atoms with van der Waals surface area (Å²) in [7, 11) is 0. The third-order valence-electron chi connectivity index (χ3n) is 2.70. The number of benzene rings is 1. The van der Waals surface area contributed by atoms with Crippen molar-refractivity contribution in [1.29, 1.82) is 0 Å². The number of anilines is 1. The molecule has 1 aromatic carbocycles. The van der Waals surface area contributed by atoms with Crippen molar-refractivity contribution >= 4 is 5.69 Å². The molecule has 1 aromatic rings. The lowest BCUT2D eigenvalue weighted by Crippen LogP contribution is -2.26. The molecule has 0 fully saturated rings. The zero-order valence-corrected chi connectivity index (χ0v) is 11.7. The van der Waals surface area contributed by atoms with Gasteiger partial charge in [-0.05, 0) is 31.9 Å². The minimum absolute atomic E-state index is 0.172. The van der Waals surface area contributed by atoms with Crippen LogP contribution in [0.5, 0.6) is 0 Å². The summed E-state index contributed by atoms with van der Waals surface area (Å²) >= 11 is 0. The molecular weight excluding hydrogens is 226 g/mol.